The van der Waals surface area contributed by atoms with E-state index in [1.165, 1.54) is 0 Å². The van der Waals surface area contributed by atoms with E-state index in [9.17, 15) is 4.79 Å². The molecule has 12 heavy (non-hydrogen) atoms. The summed E-state index contributed by atoms with van der Waals surface area (Å²) in [6.07, 6.45) is 2.49. The summed E-state index contributed by atoms with van der Waals surface area (Å²) in [4.78, 5) is 10.5. The molecule has 68 valence electrons. The molecule has 1 aliphatic carbocycles. The van der Waals surface area contributed by atoms with Crippen LogP contribution in [0, 0.1) is 5.92 Å². The van der Waals surface area contributed by atoms with Gasteiger partial charge in [-0.2, -0.15) is 0 Å². The van der Waals surface area contributed by atoms with Crippen molar-refractivity contribution in [2.75, 3.05) is 6.61 Å². The zero-order chi connectivity index (χ0) is 8.77. The van der Waals surface area contributed by atoms with Crippen molar-refractivity contribution >= 4 is 5.97 Å². The van der Waals surface area contributed by atoms with Crippen molar-refractivity contribution in [2.24, 2.45) is 11.7 Å². The molecule has 2 aliphatic heterocycles. The van der Waals surface area contributed by atoms with E-state index in [0.29, 0.717) is 12.3 Å². The Morgan fingerprint density at radius 3 is 2.83 bits per heavy atom. The molecule has 1 atom stereocenters. The van der Waals surface area contributed by atoms with Crippen molar-refractivity contribution < 1.29 is 14.6 Å². The minimum absolute atomic E-state index is 0.164. The molecule has 0 amide bonds. The van der Waals surface area contributed by atoms with Crippen molar-refractivity contribution in [2.45, 2.75) is 30.9 Å². The highest BCUT2D eigenvalue weighted by Gasteiger charge is 2.52. The number of rotatable bonds is 3. The van der Waals surface area contributed by atoms with E-state index < -0.39 is 12.0 Å². The average molecular weight is 171 g/mol. The van der Waals surface area contributed by atoms with Gasteiger partial charge in [0.25, 0.3) is 0 Å². The van der Waals surface area contributed by atoms with E-state index in [4.69, 9.17) is 15.6 Å². The number of ether oxygens (including phenoxy) is 1. The third-order valence-corrected chi connectivity index (χ3v) is 2.86. The topological polar surface area (TPSA) is 72.5 Å². The van der Waals surface area contributed by atoms with Gasteiger partial charge in [-0.3, -0.25) is 4.79 Å². The number of nitrogens with two attached hydrogens (primary N) is 1. The Morgan fingerprint density at radius 2 is 2.42 bits per heavy atom. The van der Waals surface area contributed by atoms with Crippen LogP contribution in [-0.4, -0.2) is 29.3 Å². The number of aliphatic carboxylic acids is 1. The van der Waals surface area contributed by atoms with Crippen molar-refractivity contribution in [1.29, 1.82) is 0 Å². The number of carboxylic acids is 1. The van der Waals surface area contributed by atoms with Crippen LogP contribution in [0.4, 0.5) is 0 Å². The molecule has 0 aromatic rings. The van der Waals surface area contributed by atoms with Gasteiger partial charge < -0.3 is 15.6 Å². The molecule has 0 aromatic carbocycles. The Bertz CT molecular complexity index is 205. The van der Waals surface area contributed by atoms with Gasteiger partial charge in [0.2, 0.25) is 0 Å². The van der Waals surface area contributed by atoms with Gasteiger partial charge in [0.15, 0.2) is 0 Å². The van der Waals surface area contributed by atoms with Crippen LogP contribution in [0.3, 0.4) is 0 Å². The second kappa shape index (κ2) is 2.44. The smallest absolute Gasteiger partial charge is 0.320 e. The monoisotopic (exact) mass is 171 g/mol. The first-order chi connectivity index (χ1) is 5.61. The van der Waals surface area contributed by atoms with E-state index in [2.05, 4.69) is 0 Å². The molecule has 3 N–H and O–H groups in total. The number of carboxylic acid groups (broad SMARTS) is 1. The summed E-state index contributed by atoms with van der Waals surface area (Å²) < 4.78 is 5.49. The SMILES string of the molecule is N[C@@H](CC12CC(CO1)C2)C(=O)O. The number of hydrogen-bond donors (Lipinski definition) is 2. The summed E-state index contributed by atoms with van der Waals surface area (Å²) in [6.45, 7) is 0.798. The summed E-state index contributed by atoms with van der Waals surface area (Å²) in [7, 11) is 0. The Labute approximate surface area is 70.7 Å². The molecule has 2 heterocycles. The third-order valence-electron chi connectivity index (χ3n) is 2.86. The van der Waals surface area contributed by atoms with E-state index in [-0.39, 0.29) is 5.60 Å². The van der Waals surface area contributed by atoms with Gasteiger partial charge in [-0.15, -0.1) is 0 Å². The highest BCUT2D eigenvalue weighted by atomic mass is 16.5. The van der Waals surface area contributed by atoms with Gasteiger partial charge in [-0.1, -0.05) is 0 Å². The predicted octanol–water partition coefficient (Wildman–Crippen LogP) is -0.0326. The maximum absolute atomic E-state index is 10.5. The Hall–Kier alpha value is -0.610. The molecule has 0 spiro atoms. The molecule has 3 rings (SSSR count). The third kappa shape index (κ3) is 1.11. The molecular weight excluding hydrogens is 158 g/mol. The van der Waals surface area contributed by atoms with Crippen LogP contribution in [0.15, 0.2) is 0 Å². The molecule has 4 heteroatoms. The second-order valence-electron chi connectivity index (χ2n) is 3.92. The van der Waals surface area contributed by atoms with Crippen LogP contribution in [0.2, 0.25) is 0 Å². The lowest BCUT2D eigenvalue weighted by atomic mass is 9.71. The van der Waals surface area contributed by atoms with Crippen LogP contribution in [-0.2, 0) is 9.53 Å². The first-order valence-corrected chi connectivity index (χ1v) is 4.24. The summed E-state index contributed by atoms with van der Waals surface area (Å²) in [6, 6.07) is -0.760. The maximum atomic E-state index is 10.5. The highest BCUT2D eigenvalue weighted by molar-refractivity contribution is 5.73. The minimum atomic E-state index is -0.927. The van der Waals surface area contributed by atoms with Crippen molar-refractivity contribution in [3.8, 4) is 0 Å². The fraction of sp³-hybridized carbons (Fsp3) is 0.875. The molecule has 3 aliphatic rings. The first-order valence-electron chi connectivity index (χ1n) is 4.24. The van der Waals surface area contributed by atoms with Gasteiger partial charge >= 0.3 is 5.97 Å². The Balaban J connectivity index is 1.91. The average Bonchev–Trinajstić information content (AvgIpc) is 2.44. The molecular formula is C8H13NO3. The Kier molecular flexibility index (Phi) is 1.63. The van der Waals surface area contributed by atoms with Gasteiger partial charge in [0.1, 0.15) is 6.04 Å². The molecule has 2 saturated heterocycles. The number of fused-ring (bicyclic) bond motifs is 1. The van der Waals surface area contributed by atoms with Gasteiger partial charge in [0.05, 0.1) is 12.2 Å². The van der Waals surface area contributed by atoms with Crippen molar-refractivity contribution in [3.63, 3.8) is 0 Å². The largest absolute Gasteiger partial charge is 0.480 e. The van der Waals surface area contributed by atoms with Crippen molar-refractivity contribution in [3.05, 3.63) is 0 Å². The first kappa shape index (κ1) is 8.01. The Morgan fingerprint density at radius 1 is 1.75 bits per heavy atom. The molecule has 2 bridgehead atoms. The zero-order valence-corrected chi connectivity index (χ0v) is 6.82. The quantitative estimate of drug-likeness (QED) is 0.625. The van der Waals surface area contributed by atoms with Crippen LogP contribution < -0.4 is 5.73 Å². The number of carbonyl (C=O) groups is 1. The summed E-state index contributed by atoms with van der Waals surface area (Å²) in [5, 5.41) is 8.59. The molecule has 1 saturated carbocycles. The van der Waals surface area contributed by atoms with Gasteiger partial charge in [0, 0.05) is 6.42 Å². The van der Waals surface area contributed by atoms with Crippen LogP contribution in [0.25, 0.3) is 0 Å². The molecule has 4 nitrogen and oxygen atoms in total. The lowest BCUT2D eigenvalue weighted by Gasteiger charge is -2.36. The van der Waals surface area contributed by atoms with E-state index in [1.54, 1.807) is 0 Å². The van der Waals surface area contributed by atoms with Crippen LogP contribution >= 0.6 is 0 Å². The van der Waals surface area contributed by atoms with Crippen LogP contribution in [0.5, 0.6) is 0 Å². The predicted molar refractivity (Wildman–Crippen MR) is 41.6 cm³/mol. The minimum Gasteiger partial charge on any atom is -0.480 e. The van der Waals surface area contributed by atoms with E-state index in [0.717, 1.165) is 19.4 Å². The van der Waals surface area contributed by atoms with Gasteiger partial charge in [-0.25, -0.2) is 0 Å². The highest BCUT2D eigenvalue weighted by Crippen LogP contribution is 2.50. The lowest BCUT2D eigenvalue weighted by Crippen LogP contribution is -2.45. The zero-order valence-electron chi connectivity index (χ0n) is 6.82. The standard InChI is InChI=1S/C8H13NO3/c9-6(7(10)11)3-8-1-5(2-8)4-12-8/h5-6H,1-4,9H2,(H,10,11)/t5?,6-,8?/m0/s1. The van der Waals surface area contributed by atoms with Crippen LogP contribution in [0.1, 0.15) is 19.3 Å². The number of hydrogen-bond acceptors (Lipinski definition) is 3. The maximum Gasteiger partial charge on any atom is 0.320 e. The lowest BCUT2D eigenvalue weighted by molar-refractivity contribution is -0.140. The fourth-order valence-electron chi connectivity index (χ4n) is 2.24. The normalized spacial score (nSPS) is 40.6. The summed E-state index contributed by atoms with van der Waals surface area (Å²) in [5.74, 6) is -0.255. The fourth-order valence-corrected chi connectivity index (χ4v) is 2.24. The second-order valence-corrected chi connectivity index (χ2v) is 3.92. The molecule has 3 fully saturated rings. The van der Waals surface area contributed by atoms with E-state index >= 15 is 0 Å². The summed E-state index contributed by atoms with van der Waals surface area (Å²) >= 11 is 0. The molecule has 0 radical (unpaired) electrons. The summed E-state index contributed by atoms with van der Waals surface area (Å²) in [5.41, 5.74) is 5.26. The molecule has 0 aromatic heterocycles. The van der Waals surface area contributed by atoms with Gasteiger partial charge in [-0.05, 0) is 18.8 Å². The van der Waals surface area contributed by atoms with Crippen molar-refractivity contribution in [1.82, 2.24) is 0 Å². The van der Waals surface area contributed by atoms with E-state index in [1.807, 2.05) is 0 Å². The molecule has 0 unspecified atom stereocenters.